The van der Waals surface area contributed by atoms with Crippen LogP contribution in [0, 0.1) is 0 Å². The van der Waals surface area contributed by atoms with Gasteiger partial charge in [-0.2, -0.15) is 0 Å². The number of ether oxygens (including phenoxy) is 1. The Labute approximate surface area is 154 Å². The average Bonchev–Trinajstić information content (AvgIpc) is 3.40. The molecule has 3 heterocycles. The molecule has 1 aromatic carbocycles. The van der Waals surface area contributed by atoms with Gasteiger partial charge in [-0.3, -0.25) is 4.79 Å². The molecule has 0 aliphatic carbocycles. The number of fused-ring (bicyclic) bond motifs is 1. The van der Waals surface area contributed by atoms with E-state index in [0.717, 1.165) is 29.7 Å². The summed E-state index contributed by atoms with van der Waals surface area (Å²) in [6.07, 6.45) is 4.03. The molecule has 0 saturated carbocycles. The number of hydrogen-bond donors (Lipinski definition) is 1. The lowest BCUT2D eigenvalue weighted by Crippen LogP contribution is -2.26. The zero-order valence-corrected chi connectivity index (χ0v) is 15.3. The van der Waals surface area contributed by atoms with Crippen LogP contribution in [0.4, 0.5) is 5.69 Å². The number of carbonyl (C=O) groups excluding carboxylic acids is 1. The molecule has 2 aromatic heterocycles. The van der Waals surface area contributed by atoms with Gasteiger partial charge in [-0.15, -0.1) is 11.3 Å². The molecule has 0 radical (unpaired) electrons. The average molecular weight is 372 g/mol. The van der Waals surface area contributed by atoms with Crippen molar-refractivity contribution in [1.29, 1.82) is 0 Å². The predicted molar refractivity (Wildman–Crippen MR) is 101 cm³/mol. The first-order valence-electron chi connectivity index (χ1n) is 8.64. The van der Waals surface area contributed by atoms with Gasteiger partial charge in [0.15, 0.2) is 5.58 Å². The van der Waals surface area contributed by atoms with Crippen molar-refractivity contribution in [1.82, 2.24) is 15.5 Å². The van der Waals surface area contributed by atoms with Gasteiger partial charge in [0.25, 0.3) is 5.91 Å². The summed E-state index contributed by atoms with van der Waals surface area (Å²) in [5.41, 5.74) is 2.58. The maximum Gasteiger partial charge on any atom is 0.263 e. The van der Waals surface area contributed by atoms with Crippen LogP contribution in [0.25, 0.3) is 21.7 Å². The highest BCUT2D eigenvalue weighted by Gasteiger charge is 2.19. The molecule has 136 valence electrons. The minimum absolute atomic E-state index is 0.157. The van der Waals surface area contributed by atoms with Crippen LogP contribution in [-0.4, -0.2) is 49.4 Å². The first kappa shape index (κ1) is 17.0. The third-order valence-corrected chi connectivity index (χ3v) is 5.45. The number of amides is 1. The first-order chi connectivity index (χ1) is 12.8. The van der Waals surface area contributed by atoms with E-state index in [2.05, 4.69) is 26.4 Å². The van der Waals surface area contributed by atoms with Gasteiger partial charge in [-0.1, -0.05) is 5.16 Å². The largest absolute Gasteiger partial charge is 0.383 e. The van der Waals surface area contributed by atoms with E-state index >= 15 is 0 Å². The number of rotatable bonds is 6. The van der Waals surface area contributed by atoms with E-state index in [1.54, 1.807) is 13.3 Å². The normalized spacial score (nSPS) is 14.3. The van der Waals surface area contributed by atoms with Gasteiger partial charge < -0.3 is 19.5 Å². The summed E-state index contributed by atoms with van der Waals surface area (Å²) >= 11 is 1.30. The van der Waals surface area contributed by atoms with Crippen LogP contribution in [0.3, 0.4) is 0 Å². The van der Waals surface area contributed by atoms with Gasteiger partial charge in [0.05, 0.1) is 18.2 Å². The third-order valence-electron chi connectivity index (χ3n) is 4.45. The predicted octanol–water partition coefficient (Wildman–Crippen LogP) is 2.93. The molecule has 8 heteroatoms. The maximum absolute atomic E-state index is 12.1. The van der Waals surface area contributed by atoms with Gasteiger partial charge in [0, 0.05) is 38.5 Å². The maximum atomic E-state index is 12.1. The third kappa shape index (κ3) is 3.30. The Morgan fingerprint density at radius 3 is 3.04 bits per heavy atom. The molecule has 4 rings (SSSR count). The van der Waals surface area contributed by atoms with Gasteiger partial charge >= 0.3 is 0 Å². The van der Waals surface area contributed by atoms with Gasteiger partial charge in [0.1, 0.15) is 15.6 Å². The Bertz CT molecular complexity index is 914. The summed E-state index contributed by atoms with van der Waals surface area (Å²) in [5.74, 6) is -0.157. The minimum atomic E-state index is -0.157. The van der Waals surface area contributed by atoms with Crippen LogP contribution in [0.5, 0.6) is 0 Å². The van der Waals surface area contributed by atoms with Crippen LogP contribution >= 0.6 is 11.3 Å². The van der Waals surface area contributed by atoms with E-state index in [-0.39, 0.29) is 5.91 Å². The van der Waals surface area contributed by atoms with Crippen molar-refractivity contribution >= 4 is 33.9 Å². The molecule has 7 nitrogen and oxygen atoms in total. The van der Waals surface area contributed by atoms with E-state index in [0.29, 0.717) is 28.7 Å². The summed E-state index contributed by atoms with van der Waals surface area (Å²) in [6, 6.07) is 6.15. The van der Waals surface area contributed by atoms with Crippen LogP contribution in [0.1, 0.15) is 22.5 Å². The van der Waals surface area contributed by atoms with Crippen molar-refractivity contribution < 1.29 is 14.1 Å². The summed E-state index contributed by atoms with van der Waals surface area (Å²) < 4.78 is 10.5. The highest BCUT2D eigenvalue weighted by molar-refractivity contribution is 7.17. The fraction of sp³-hybridized carbons (Fsp3) is 0.389. The van der Waals surface area contributed by atoms with E-state index in [1.807, 2.05) is 12.1 Å². The van der Waals surface area contributed by atoms with E-state index in [1.165, 1.54) is 24.2 Å². The molecule has 1 N–H and O–H groups in total. The van der Waals surface area contributed by atoms with Crippen LogP contribution in [0.2, 0.25) is 0 Å². The lowest BCUT2D eigenvalue weighted by atomic mass is 10.2. The van der Waals surface area contributed by atoms with Crippen LogP contribution in [-0.2, 0) is 4.74 Å². The molecule has 3 aromatic rings. The quantitative estimate of drug-likeness (QED) is 0.670. The number of benzene rings is 1. The molecule has 1 fully saturated rings. The van der Waals surface area contributed by atoms with Crippen LogP contribution < -0.4 is 10.2 Å². The Morgan fingerprint density at radius 1 is 1.38 bits per heavy atom. The molecule has 0 bridgehead atoms. The standard InChI is InChI=1S/C18H20N4O3S/c1-24-9-6-19-17(23)15-11-20-18(26-15)16-13-5-4-12(10-14(13)25-21-16)22-7-2-3-8-22/h4-5,10-11H,2-3,6-9H2,1H3,(H,19,23). The lowest BCUT2D eigenvalue weighted by Gasteiger charge is -2.16. The Balaban J connectivity index is 1.56. The zero-order valence-electron chi connectivity index (χ0n) is 14.5. The highest BCUT2D eigenvalue weighted by atomic mass is 32.1. The molecular formula is C18H20N4O3S. The fourth-order valence-corrected chi connectivity index (χ4v) is 3.92. The number of carbonyl (C=O) groups is 1. The molecule has 1 aliphatic heterocycles. The van der Waals surface area contributed by atoms with Gasteiger partial charge in [-0.05, 0) is 25.0 Å². The second-order valence-corrected chi connectivity index (χ2v) is 7.21. The first-order valence-corrected chi connectivity index (χ1v) is 9.45. The number of anilines is 1. The van der Waals surface area contributed by atoms with Crippen molar-refractivity contribution in [3.05, 3.63) is 29.3 Å². The molecule has 1 aliphatic rings. The lowest BCUT2D eigenvalue weighted by molar-refractivity contribution is 0.0941. The molecule has 1 amide bonds. The van der Waals surface area contributed by atoms with Crippen molar-refractivity contribution in [3.63, 3.8) is 0 Å². The van der Waals surface area contributed by atoms with Crippen molar-refractivity contribution in [2.75, 3.05) is 38.3 Å². The second-order valence-electron chi connectivity index (χ2n) is 6.18. The Hall–Kier alpha value is -2.45. The number of hydrogen-bond acceptors (Lipinski definition) is 7. The van der Waals surface area contributed by atoms with Crippen molar-refractivity contribution in [2.24, 2.45) is 0 Å². The van der Waals surface area contributed by atoms with E-state index in [9.17, 15) is 4.79 Å². The smallest absolute Gasteiger partial charge is 0.263 e. The number of thiazole rings is 1. The topological polar surface area (TPSA) is 80.5 Å². The molecule has 0 unspecified atom stereocenters. The zero-order chi connectivity index (χ0) is 17.9. The number of nitrogens with one attached hydrogen (secondary N) is 1. The van der Waals surface area contributed by atoms with Crippen LogP contribution in [0.15, 0.2) is 28.9 Å². The molecule has 26 heavy (non-hydrogen) atoms. The SMILES string of the molecule is COCCNC(=O)c1cnc(-c2noc3cc(N4CCCC4)ccc23)s1. The fourth-order valence-electron chi connectivity index (χ4n) is 3.09. The van der Waals surface area contributed by atoms with Crippen molar-refractivity contribution in [2.45, 2.75) is 12.8 Å². The van der Waals surface area contributed by atoms with Gasteiger partial charge in [0.2, 0.25) is 0 Å². The van der Waals surface area contributed by atoms with Crippen molar-refractivity contribution in [3.8, 4) is 10.7 Å². The highest BCUT2D eigenvalue weighted by Crippen LogP contribution is 2.33. The number of nitrogens with zero attached hydrogens (tertiary/aromatic N) is 3. The molecule has 0 atom stereocenters. The van der Waals surface area contributed by atoms with E-state index in [4.69, 9.17) is 9.26 Å². The minimum Gasteiger partial charge on any atom is -0.383 e. The summed E-state index contributed by atoms with van der Waals surface area (Å²) in [4.78, 5) is 19.4. The summed E-state index contributed by atoms with van der Waals surface area (Å²) in [7, 11) is 1.60. The second kappa shape index (κ2) is 7.43. The summed E-state index contributed by atoms with van der Waals surface area (Å²) in [5, 5.41) is 8.56. The molecule has 0 spiro atoms. The monoisotopic (exact) mass is 372 g/mol. The Morgan fingerprint density at radius 2 is 2.23 bits per heavy atom. The van der Waals surface area contributed by atoms with Gasteiger partial charge in [-0.25, -0.2) is 4.98 Å². The van der Waals surface area contributed by atoms with E-state index < -0.39 is 0 Å². The number of aromatic nitrogens is 2. The number of methoxy groups -OCH3 is 1. The summed E-state index contributed by atoms with van der Waals surface area (Å²) in [6.45, 7) is 3.11. The molecule has 1 saturated heterocycles. The molecular weight excluding hydrogens is 352 g/mol. The Kier molecular flexibility index (Phi) is 4.85.